The second-order valence-corrected chi connectivity index (χ2v) is 7.75. The average molecular weight is 352 g/mol. The van der Waals surface area contributed by atoms with E-state index in [1.165, 1.54) is 16.3 Å². The molecule has 1 saturated carbocycles. The fraction of sp³-hybridized carbons (Fsp3) is 0.429. The fourth-order valence-electron chi connectivity index (χ4n) is 4.22. The Kier molecular flexibility index (Phi) is 4.31. The number of urea groups is 1. The number of nitrogens with zero attached hydrogens (tertiary/aromatic N) is 1. The third-order valence-corrected chi connectivity index (χ3v) is 5.62. The number of nitrogens with one attached hydrogen (secondary N) is 1. The van der Waals surface area contributed by atoms with Crippen LogP contribution in [-0.4, -0.2) is 41.1 Å². The predicted octanol–water partition coefficient (Wildman–Crippen LogP) is 3.45. The zero-order valence-corrected chi connectivity index (χ0v) is 14.9. The molecule has 2 aromatic carbocycles. The van der Waals surface area contributed by atoms with E-state index in [9.17, 15) is 14.7 Å². The van der Waals surface area contributed by atoms with E-state index in [1.807, 2.05) is 19.1 Å². The lowest BCUT2D eigenvalue weighted by Gasteiger charge is -2.34. The van der Waals surface area contributed by atoms with Crippen molar-refractivity contribution in [2.45, 2.75) is 31.7 Å². The maximum absolute atomic E-state index is 12.6. The molecule has 2 aromatic rings. The maximum Gasteiger partial charge on any atom is 0.317 e. The van der Waals surface area contributed by atoms with E-state index >= 15 is 0 Å². The summed E-state index contributed by atoms with van der Waals surface area (Å²) in [6, 6.07) is 14.6. The molecular formula is C21H24N2O3. The van der Waals surface area contributed by atoms with Crippen LogP contribution < -0.4 is 5.32 Å². The van der Waals surface area contributed by atoms with Crippen LogP contribution in [-0.2, 0) is 4.79 Å². The van der Waals surface area contributed by atoms with Crippen molar-refractivity contribution in [1.29, 1.82) is 0 Å². The highest BCUT2D eigenvalue weighted by atomic mass is 16.4. The Labute approximate surface area is 153 Å². The number of carboxylic acid groups (broad SMARTS) is 1. The molecule has 0 spiro atoms. The number of rotatable bonds is 3. The molecule has 26 heavy (non-hydrogen) atoms. The lowest BCUT2D eigenvalue weighted by atomic mass is 9.91. The zero-order valence-electron chi connectivity index (χ0n) is 14.9. The topological polar surface area (TPSA) is 69.6 Å². The molecule has 2 fully saturated rings. The van der Waals surface area contributed by atoms with Crippen LogP contribution in [0.5, 0.6) is 0 Å². The highest BCUT2D eigenvalue weighted by Gasteiger charge is 2.42. The molecule has 2 aliphatic rings. The van der Waals surface area contributed by atoms with Crippen LogP contribution in [0, 0.1) is 11.8 Å². The van der Waals surface area contributed by atoms with E-state index in [4.69, 9.17) is 0 Å². The molecule has 1 saturated heterocycles. The fourth-order valence-corrected chi connectivity index (χ4v) is 4.22. The van der Waals surface area contributed by atoms with Gasteiger partial charge in [-0.3, -0.25) is 4.79 Å². The number of amides is 2. The Hall–Kier alpha value is -2.56. The Balaban J connectivity index is 1.43. The normalized spacial score (nSPS) is 28.0. The van der Waals surface area contributed by atoms with Gasteiger partial charge in [0.05, 0.1) is 5.92 Å². The van der Waals surface area contributed by atoms with Crippen LogP contribution in [0.4, 0.5) is 4.79 Å². The van der Waals surface area contributed by atoms with Gasteiger partial charge in [-0.1, -0.05) is 49.4 Å². The first-order chi connectivity index (χ1) is 12.5. The van der Waals surface area contributed by atoms with Gasteiger partial charge in [0.2, 0.25) is 0 Å². The second-order valence-electron chi connectivity index (χ2n) is 7.75. The summed E-state index contributed by atoms with van der Waals surface area (Å²) in [6.07, 6.45) is 1.58. The van der Waals surface area contributed by atoms with E-state index in [0.29, 0.717) is 25.4 Å². The van der Waals surface area contributed by atoms with Gasteiger partial charge < -0.3 is 15.3 Å². The number of carboxylic acids is 1. The number of aliphatic carboxylic acids is 1. The number of hydrogen-bond acceptors (Lipinski definition) is 2. The summed E-state index contributed by atoms with van der Waals surface area (Å²) in [7, 11) is 0. The molecular weight excluding hydrogens is 328 g/mol. The lowest BCUT2D eigenvalue weighted by Crippen LogP contribution is -2.50. The monoisotopic (exact) mass is 352 g/mol. The third kappa shape index (κ3) is 3.26. The Morgan fingerprint density at radius 1 is 1.08 bits per heavy atom. The average Bonchev–Trinajstić information content (AvgIpc) is 3.39. The minimum absolute atomic E-state index is 0.129. The molecule has 0 bridgehead atoms. The maximum atomic E-state index is 12.6. The molecule has 5 heteroatoms. The van der Waals surface area contributed by atoms with Gasteiger partial charge in [0.1, 0.15) is 0 Å². The predicted molar refractivity (Wildman–Crippen MR) is 100 cm³/mol. The lowest BCUT2D eigenvalue weighted by molar-refractivity contribution is -0.143. The van der Waals surface area contributed by atoms with Crippen molar-refractivity contribution in [2.24, 2.45) is 11.8 Å². The summed E-state index contributed by atoms with van der Waals surface area (Å²) in [6.45, 7) is 2.93. The summed E-state index contributed by atoms with van der Waals surface area (Å²) >= 11 is 0. The van der Waals surface area contributed by atoms with Crippen molar-refractivity contribution < 1.29 is 14.7 Å². The zero-order chi connectivity index (χ0) is 18.3. The summed E-state index contributed by atoms with van der Waals surface area (Å²) in [5.41, 5.74) is 1.28. The minimum Gasteiger partial charge on any atom is -0.481 e. The van der Waals surface area contributed by atoms with Crippen molar-refractivity contribution in [1.82, 2.24) is 10.2 Å². The van der Waals surface area contributed by atoms with Gasteiger partial charge in [-0.05, 0) is 35.1 Å². The van der Waals surface area contributed by atoms with Gasteiger partial charge in [-0.25, -0.2) is 4.79 Å². The van der Waals surface area contributed by atoms with Crippen LogP contribution >= 0.6 is 0 Å². The molecule has 136 valence electrons. The van der Waals surface area contributed by atoms with E-state index in [2.05, 4.69) is 35.6 Å². The van der Waals surface area contributed by atoms with Crippen molar-refractivity contribution in [2.75, 3.05) is 13.1 Å². The van der Waals surface area contributed by atoms with Crippen LogP contribution in [0.2, 0.25) is 0 Å². The number of piperidine rings is 1. The quantitative estimate of drug-likeness (QED) is 0.889. The molecule has 4 rings (SSSR count). The first-order valence-corrected chi connectivity index (χ1v) is 9.29. The number of fused-ring (bicyclic) bond motifs is 1. The van der Waals surface area contributed by atoms with Gasteiger partial charge in [0, 0.05) is 25.0 Å². The van der Waals surface area contributed by atoms with Gasteiger partial charge in [0.25, 0.3) is 0 Å². The third-order valence-electron chi connectivity index (χ3n) is 5.62. The van der Waals surface area contributed by atoms with E-state index < -0.39 is 11.9 Å². The molecule has 2 amide bonds. The number of carbonyl (C=O) groups excluding carboxylic acids is 1. The van der Waals surface area contributed by atoms with Gasteiger partial charge in [-0.2, -0.15) is 0 Å². The van der Waals surface area contributed by atoms with E-state index in [-0.39, 0.29) is 18.0 Å². The van der Waals surface area contributed by atoms with Crippen molar-refractivity contribution in [3.8, 4) is 0 Å². The summed E-state index contributed by atoms with van der Waals surface area (Å²) < 4.78 is 0. The molecule has 1 heterocycles. The molecule has 1 aliphatic heterocycles. The summed E-state index contributed by atoms with van der Waals surface area (Å²) in [5.74, 6) is -0.724. The number of hydrogen-bond donors (Lipinski definition) is 2. The molecule has 1 aliphatic carbocycles. The number of carbonyl (C=O) groups is 2. The van der Waals surface area contributed by atoms with Crippen molar-refractivity contribution >= 4 is 22.8 Å². The molecule has 0 aromatic heterocycles. The van der Waals surface area contributed by atoms with E-state index in [1.54, 1.807) is 4.90 Å². The Bertz CT molecular complexity index is 845. The first-order valence-electron chi connectivity index (χ1n) is 9.29. The van der Waals surface area contributed by atoms with Crippen molar-refractivity contribution in [3.63, 3.8) is 0 Å². The molecule has 5 nitrogen and oxygen atoms in total. The van der Waals surface area contributed by atoms with E-state index in [0.717, 1.165) is 6.42 Å². The van der Waals surface area contributed by atoms with Gasteiger partial charge >= 0.3 is 12.0 Å². The highest BCUT2D eigenvalue weighted by Crippen LogP contribution is 2.43. The Morgan fingerprint density at radius 3 is 2.65 bits per heavy atom. The summed E-state index contributed by atoms with van der Waals surface area (Å²) in [5, 5.41) is 14.9. The SMILES string of the molecule is CC1CC(C(=O)O)CN(C(=O)N[C@@H]2C[C@H]2c2cccc3ccccc23)C1. The summed E-state index contributed by atoms with van der Waals surface area (Å²) in [4.78, 5) is 25.6. The highest BCUT2D eigenvalue weighted by molar-refractivity contribution is 5.87. The molecule has 0 radical (unpaired) electrons. The standard InChI is InChI=1S/C21H24N2O3/c1-13-9-15(20(24)25)12-23(11-13)21(26)22-19-10-18(19)17-8-4-6-14-5-2-3-7-16(14)17/h2-8,13,15,18-19H,9-12H2,1H3,(H,22,26)(H,24,25)/t13?,15?,18-,19+/m0/s1. The number of likely N-dealkylation sites (tertiary alicyclic amines) is 1. The molecule has 2 unspecified atom stereocenters. The van der Waals surface area contributed by atoms with Crippen LogP contribution in [0.1, 0.15) is 31.2 Å². The van der Waals surface area contributed by atoms with Crippen LogP contribution in [0.3, 0.4) is 0 Å². The largest absolute Gasteiger partial charge is 0.481 e. The van der Waals surface area contributed by atoms with Crippen LogP contribution in [0.15, 0.2) is 42.5 Å². The van der Waals surface area contributed by atoms with Gasteiger partial charge in [0.15, 0.2) is 0 Å². The first kappa shape index (κ1) is 16.9. The number of benzene rings is 2. The van der Waals surface area contributed by atoms with Gasteiger partial charge in [-0.15, -0.1) is 0 Å². The van der Waals surface area contributed by atoms with Crippen molar-refractivity contribution in [3.05, 3.63) is 48.0 Å². The molecule has 4 atom stereocenters. The second kappa shape index (κ2) is 6.63. The van der Waals surface area contributed by atoms with Crippen LogP contribution in [0.25, 0.3) is 10.8 Å². The Morgan fingerprint density at radius 2 is 1.85 bits per heavy atom. The smallest absolute Gasteiger partial charge is 0.317 e. The molecule has 2 N–H and O–H groups in total. The minimum atomic E-state index is -0.811.